The third kappa shape index (κ3) is 3.07. The van der Waals surface area contributed by atoms with Crippen molar-refractivity contribution >= 4 is 17.8 Å². The number of hydrogen-bond acceptors (Lipinski definition) is 5. The molecule has 2 heterocycles. The number of nitrogens with one attached hydrogen (secondary N) is 2. The second-order valence-corrected chi connectivity index (χ2v) is 5.20. The molecule has 2 rings (SSSR count). The van der Waals surface area contributed by atoms with Gasteiger partial charge in [-0.15, -0.1) is 0 Å². The van der Waals surface area contributed by atoms with E-state index in [2.05, 4.69) is 10.6 Å². The summed E-state index contributed by atoms with van der Waals surface area (Å²) in [6.45, 7) is 2.86. The number of carbonyl (C=O) groups is 3. The van der Waals surface area contributed by atoms with E-state index in [1.54, 1.807) is 14.1 Å². The molecule has 0 spiro atoms. The van der Waals surface area contributed by atoms with Gasteiger partial charge in [0.1, 0.15) is 6.04 Å². The molecule has 2 fully saturated rings. The Labute approximate surface area is 118 Å². The first-order chi connectivity index (χ1) is 9.50. The molecular formula is C12H21N5O3. The van der Waals surface area contributed by atoms with Gasteiger partial charge in [0.2, 0.25) is 11.8 Å². The number of piperazine rings is 1. The van der Waals surface area contributed by atoms with Crippen LogP contribution in [0.15, 0.2) is 0 Å². The van der Waals surface area contributed by atoms with Crippen molar-refractivity contribution in [3.63, 3.8) is 0 Å². The molecule has 1 atom stereocenters. The second-order valence-electron chi connectivity index (χ2n) is 5.20. The number of nitrogens with zero attached hydrogens (tertiary/aromatic N) is 3. The molecule has 4 amide bonds. The molecule has 0 bridgehead atoms. The van der Waals surface area contributed by atoms with Gasteiger partial charge in [-0.25, -0.2) is 4.79 Å². The summed E-state index contributed by atoms with van der Waals surface area (Å²) in [6.07, 6.45) is 0. The largest absolute Gasteiger partial charge is 0.347 e. The third-order valence-electron chi connectivity index (χ3n) is 3.58. The first kappa shape index (κ1) is 14.7. The lowest BCUT2D eigenvalue weighted by Crippen LogP contribution is -2.59. The smallest absolute Gasteiger partial charge is 0.324 e. The molecule has 8 nitrogen and oxygen atoms in total. The quantitative estimate of drug-likeness (QED) is 0.620. The van der Waals surface area contributed by atoms with Crippen molar-refractivity contribution in [1.29, 1.82) is 0 Å². The van der Waals surface area contributed by atoms with E-state index in [1.165, 1.54) is 9.80 Å². The molecule has 0 aromatic rings. The predicted molar refractivity (Wildman–Crippen MR) is 72.0 cm³/mol. The summed E-state index contributed by atoms with van der Waals surface area (Å²) in [5.41, 5.74) is 0. The lowest BCUT2D eigenvalue weighted by Gasteiger charge is -2.36. The normalized spacial score (nSPS) is 23.6. The fourth-order valence-electron chi connectivity index (χ4n) is 2.45. The average molecular weight is 283 g/mol. The van der Waals surface area contributed by atoms with Crippen molar-refractivity contribution in [3.05, 3.63) is 0 Å². The maximum Gasteiger partial charge on any atom is 0.324 e. The number of urea groups is 1. The van der Waals surface area contributed by atoms with Gasteiger partial charge in [0.05, 0.1) is 6.54 Å². The van der Waals surface area contributed by atoms with Gasteiger partial charge in [0.25, 0.3) is 0 Å². The lowest BCUT2D eigenvalue weighted by molar-refractivity contribution is -0.137. The van der Waals surface area contributed by atoms with Crippen molar-refractivity contribution in [2.45, 2.75) is 6.04 Å². The fraction of sp³-hybridized carbons (Fsp3) is 0.750. The minimum absolute atomic E-state index is 0.0316. The Morgan fingerprint density at radius 3 is 2.65 bits per heavy atom. The summed E-state index contributed by atoms with van der Waals surface area (Å²) in [5.74, 6) is -0.283. The van der Waals surface area contributed by atoms with Crippen LogP contribution in [0.25, 0.3) is 0 Å². The van der Waals surface area contributed by atoms with Crippen LogP contribution in [0.1, 0.15) is 0 Å². The van der Waals surface area contributed by atoms with Gasteiger partial charge in [-0.1, -0.05) is 0 Å². The lowest BCUT2D eigenvalue weighted by atomic mass is 10.1. The zero-order valence-corrected chi connectivity index (χ0v) is 11.9. The summed E-state index contributed by atoms with van der Waals surface area (Å²) in [5, 5.41) is 5.76. The number of amides is 4. The molecular weight excluding hydrogens is 262 g/mol. The zero-order chi connectivity index (χ0) is 14.7. The van der Waals surface area contributed by atoms with E-state index in [0.29, 0.717) is 26.2 Å². The molecule has 20 heavy (non-hydrogen) atoms. The van der Waals surface area contributed by atoms with Gasteiger partial charge in [-0.2, -0.15) is 0 Å². The molecule has 1 unspecified atom stereocenters. The van der Waals surface area contributed by atoms with Gasteiger partial charge in [0, 0.05) is 46.8 Å². The van der Waals surface area contributed by atoms with Gasteiger partial charge >= 0.3 is 6.03 Å². The fourth-order valence-corrected chi connectivity index (χ4v) is 2.45. The van der Waals surface area contributed by atoms with Gasteiger partial charge in [-0.05, 0) is 0 Å². The number of rotatable bonds is 3. The van der Waals surface area contributed by atoms with Crippen LogP contribution in [0.2, 0.25) is 0 Å². The van der Waals surface area contributed by atoms with E-state index >= 15 is 0 Å². The summed E-state index contributed by atoms with van der Waals surface area (Å²) in [7, 11) is 3.40. The summed E-state index contributed by atoms with van der Waals surface area (Å²) in [4.78, 5) is 40.3. The van der Waals surface area contributed by atoms with E-state index in [0.717, 1.165) is 6.54 Å². The highest BCUT2D eigenvalue weighted by Crippen LogP contribution is 2.08. The van der Waals surface area contributed by atoms with Crippen LogP contribution in [-0.4, -0.2) is 92.0 Å². The minimum Gasteiger partial charge on any atom is -0.347 e. The minimum atomic E-state index is -0.353. The Morgan fingerprint density at radius 1 is 1.30 bits per heavy atom. The predicted octanol–water partition coefficient (Wildman–Crippen LogP) is -2.10. The van der Waals surface area contributed by atoms with Crippen molar-refractivity contribution in [3.8, 4) is 0 Å². The number of likely N-dealkylation sites (N-methyl/N-ethyl adjacent to an activating group) is 1. The van der Waals surface area contributed by atoms with Crippen LogP contribution in [0, 0.1) is 0 Å². The first-order valence-corrected chi connectivity index (χ1v) is 6.75. The zero-order valence-electron chi connectivity index (χ0n) is 11.9. The SMILES string of the molecule is CN(C)C(=O)C1CNCCN1CC(=O)N1CCNC1=O. The Balaban J connectivity index is 1.99. The van der Waals surface area contributed by atoms with Crippen LogP contribution >= 0.6 is 0 Å². The van der Waals surface area contributed by atoms with Crippen LogP contribution in [0.4, 0.5) is 4.79 Å². The first-order valence-electron chi connectivity index (χ1n) is 6.75. The Morgan fingerprint density at radius 2 is 2.05 bits per heavy atom. The van der Waals surface area contributed by atoms with Crippen molar-refractivity contribution < 1.29 is 14.4 Å². The molecule has 2 aliphatic rings. The van der Waals surface area contributed by atoms with E-state index in [9.17, 15) is 14.4 Å². The van der Waals surface area contributed by atoms with Crippen LogP contribution in [0.5, 0.6) is 0 Å². The third-order valence-corrected chi connectivity index (χ3v) is 3.58. The molecule has 0 aromatic carbocycles. The summed E-state index contributed by atoms with van der Waals surface area (Å²) in [6, 6.07) is -0.700. The van der Waals surface area contributed by atoms with Gasteiger partial charge in [-0.3, -0.25) is 19.4 Å². The Kier molecular flexibility index (Phi) is 4.56. The van der Waals surface area contributed by atoms with E-state index in [-0.39, 0.29) is 30.4 Å². The molecule has 2 aliphatic heterocycles. The number of imide groups is 1. The molecule has 0 aliphatic carbocycles. The second kappa shape index (κ2) is 6.19. The monoisotopic (exact) mass is 283 g/mol. The van der Waals surface area contributed by atoms with E-state index in [1.807, 2.05) is 4.90 Å². The molecule has 8 heteroatoms. The van der Waals surface area contributed by atoms with Crippen molar-refractivity contribution in [1.82, 2.24) is 25.3 Å². The van der Waals surface area contributed by atoms with Crippen LogP contribution in [-0.2, 0) is 9.59 Å². The highest BCUT2D eigenvalue weighted by Gasteiger charge is 2.34. The topological polar surface area (TPSA) is 85.0 Å². The maximum absolute atomic E-state index is 12.1. The van der Waals surface area contributed by atoms with E-state index in [4.69, 9.17) is 0 Å². The standard InChI is InChI=1S/C12H21N5O3/c1-15(2)11(19)9-7-13-3-5-16(9)8-10(18)17-6-4-14-12(17)20/h9,13H,3-8H2,1-2H3,(H,14,20). The Hall–Kier alpha value is -1.67. The molecule has 0 radical (unpaired) electrons. The summed E-state index contributed by atoms with van der Waals surface area (Å²) >= 11 is 0. The van der Waals surface area contributed by atoms with E-state index < -0.39 is 0 Å². The average Bonchev–Trinajstić information content (AvgIpc) is 2.84. The number of hydrogen-bond donors (Lipinski definition) is 2. The molecule has 112 valence electrons. The van der Waals surface area contributed by atoms with Crippen LogP contribution in [0.3, 0.4) is 0 Å². The summed E-state index contributed by atoms with van der Waals surface area (Å²) < 4.78 is 0. The number of carbonyl (C=O) groups excluding carboxylic acids is 3. The highest BCUT2D eigenvalue weighted by molar-refractivity contribution is 5.97. The molecule has 0 aromatic heterocycles. The van der Waals surface area contributed by atoms with Crippen molar-refractivity contribution in [2.24, 2.45) is 0 Å². The van der Waals surface area contributed by atoms with Gasteiger partial charge < -0.3 is 15.5 Å². The van der Waals surface area contributed by atoms with Crippen LogP contribution < -0.4 is 10.6 Å². The van der Waals surface area contributed by atoms with Gasteiger partial charge in [0.15, 0.2) is 0 Å². The molecule has 0 saturated carbocycles. The highest BCUT2D eigenvalue weighted by atomic mass is 16.2. The molecule has 2 N–H and O–H groups in total. The Bertz CT molecular complexity index is 412. The molecule has 2 saturated heterocycles. The maximum atomic E-state index is 12.1. The van der Waals surface area contributed by atoms with Crippen molar-refractivity contribution in [2.75, 3.05) is 53.4 Å².